The van der Waals surface area contributed by atoms with E-state index in [4.69, 9.17) is 24.3 Å². The highest BCUT2D eigenvalue weighted by atomic mass is 31.2. The fourth-order valence-electron chi connectivity index (χ4n) is 6.10. The molecule has 0 radical (unpaired) electrons. The van der Waals surface area contributed by atoms with Gasteiger partial charge < -0.3 is 20.1 Å². The number of hydrogen-bond donors (Lipinski definition) is 2. The Balaban J connectivity index is 4.03. The van der Waals surface area contributed by atoms with Gasteiger partial charge in [0.1, 0.15) is 6.61 Å². The molecule has 2 atom stereocenters. The van der Waals surface area contributed by atoms with Crippen LogP contribution in [-0.4, -0.2) is 43.3 Å². The van der Waals surface area contributed by atoms with E-state index in [1.54, 1.807) is 6.26 Å². The molecule has 0 aromatic carbocycles. The highest BCUT2D eigenvalue weighted by Crippen LogP contribution is 2.43. The standard InChI is InChI=1S/C41H82NO7P/c1-3-5-7-9-11-13-15-17-19-20-21-22-24-26-28-30-32-34-41(43)47-38-40(39-49-50(44,45)48-37-35-42)46-36-33-31-29-27-25-23-18-16-14-12-10-8-6-4-2/h33,36,40H,3-32,34-35,37-39,42H2,1-2H3,(H,44,45)/b36-33-/t40-/m1/s1. The summed E-state index contributed by atoms with van der Waals surface area (Å²) in [6, 6.07) is 0. The van der Waals surface area contributed by atoms with Gasteiger partial charge in [-0.3, -0.25) is 13.8 Å². The van der Waals surface area contributed by atoms with Crippen molar-refractivity contribution in [3.63, 3.8) is 0 Å². The molecule has 0 aliphatic heterocycles. The lowest BCUT2D eigenvalue weighted by molar-refractivity contribution is -0.147. The molecule has 0 amide bonds. The van der Waals surface area contributed by atoms with E-state index in [1.165, 1.54) is 161 Å². The molecule has 298 valence electrons. The molecule has 9 heteroatoms. The van der Waals surface area contributed by atoms with Gasteiger partial charge >= 0.3 is 13.8 Å². The minimum Gasteiger partial charge on any atom is -0.492 e. The number of phosphoric acid groups is 1. The molecule has 8 nitrogen and oxygen atoms in total. The highest BCUT2D eigenvalue weighted by molar-refractivity contribution is 7.47. The van der Waals surface area contributed by atoms with Gasteiger partial charge in [-0.15, -0.1) is 0 Å². The van der Waals surface area contributed by atoms with Crippen LogP contribution in [0.4, 0.5) is 0 Å². The fraction of sp³-hybridized carbons (Fsp3) is 0.927. The van der Waals surface area contributed by atoms with Crippen molar-refractivity contribution in [2.45, 2.75) is 219 Å². The number of hydrogen-bond acceptors (Lipinski definition) is 7. The average Bonchev–Trinajstić information content (AvgIpc) is 3.11. The number of unbranched alkanes of at least 4 members (excludes halogenated alkanes) is 28. The Morgan fingerprint density at radius 1 is 0.600 bits per heavy atom. The maximum atomic E-state index is 12.4. The lowest BCUT2D eigenvalue weighted by Gasteiger charge is -2.19. The van der Waals surface area contributed by atoms with Gasteiger partial charge in [-0.1, -0.05) is 187 Å². The van der Waals surface area contributed by atoms with E-state index in [-0.39, 0.29) is 32.3 Å². The molecule has 0 aromatic rings. The van der Waals surface area contributed by atoms with E-state index in [9.17, 15) is 14.3 Å². The molecule has 0 saturated heterocycles. The lowest BCUT2D eigenvalue weighted by atomic mass is 10.0. The average molecular weight is 732 g/mol. The maximum Gasteiger partial charge on any atom is 0.472 e. The maximum absolute atomic E-state index is 12.4. The molecule has 0 rings (SSSR count). The van der Waals surface area contributed by atoms with Crippen molar-refractivity contribution < 1.29 is 32.8 Å². The molecular formula is C41H82NO7P. The number of phosphoric ester groups is 1. The van der Waals surface area contributed by atoms with Crippen LogP contribution in [0, 0.1) is 0 Å². The second-order valence-corrected chi connectivity index (χ2v) is 15.7. The SMILES string of the molecule is CCCCCCCCCCCCCC/C=C\O[C@H](COC(=O)CCCCCCCCCCCCCCCCCCC)COP(=O)(O)OCCN. The van der Waals surface area contributed by atoms with Gasteiger partial charge in [0.25, 0.3) is 0 Å². The van der Waals surface area contributed by atoms with Crippen molar-refractivity contribution in [3.05, 3.63) is 12.3 Å². The lowest BCUT2D eigenvalue weighted by Crippen LogP contribution is -2.25. The first-order chi connectivity index (χ1) is 24.4. The predicted octanol–water partition coefficient (Wildman–Crippen LogP) is 12.7. The predicted molar refractivity (Wildman–Crippen MR) is 210 cm³/mol. The van der Waals surface area contributed by atoms with E-state index in [0.717, 1.165) is 32.1 Å². The molecule has 0 bridgehead atoms. The van der Waals surface area contributed by atoms with Crippen molar-refractivity contribution in [1.29, 1.82) is 0 Å². The van der Waals surface area contributed by atoms with Crippen LogP contribution >= 0.6 is 7.82 Å². The number of nitrogens with two attached hydrogens (primary N) is 1. The highest BCUT2D eigenvalue weighted by Gasteiger charge is 2.24. The Morgan fingerprint density at radius 2 is 1.00 bits per heavy atom. The van der Waals surface area contributed by atoms with Crippen molar-refractivity contribution in [2.24, 2.45) is 5.73 Å². The summed E-state index contributed by atoms with van der Waals surface area (Å²) in [6.45, 7) is 4.25. The van der Waals surface area contributed by atoms with Gasteiger partial charge in [0.15, 0.2) is 6.10 Å². The third-order valence-corrected chi connectivity index (χ3v) is 10.3. The third-order valence-electron chi connectivity index (χ3n) is 9.30. The van der Waals surface area contributed by atoms with Crippen molar-refractivity contribution >= 4 is 13.8 Å². The molecular weight excluding hydrogens is 649 g/mol. The Morgan fingerprint density at radius 3 is 1.42 bits per heavy atom. The minimum absolute atomic E-state index is 0.0579. The van der Waals surface area contributed by atoms with E-state index in [0.29, 0.717) is 6.42 Å². The van der Waals surface area contributed by atoms with Crippen LogP contribution in [0.25, 0.3) is 0 Å². The van der Waals surface area contributed by atoms with Crippen LogP contribution in [0.1, 0.15) is 213 Å². The molecule has 0 saturated carbocycles. The molecule has 0 aliphatic carbocycles. The van der Waals surface area contributed by atoms with Crippen LogP contribution in [0.2, 0.25) is 0 Å². The van der Waals surface area contributed by atoms with E-state index < -0.39 is 13.9 Å². The van der Waals surface area contributed by atoms with Gasteiger partial charge in [-0.2, -0.15) is 0 Å². The quantitative estimate of drug-likeness (QED) is 0.0276. The Hall–Kier alpha value is -0.920. The third kappa shape index (κ3) is 38.3. The van der Waals surface area contributed by atoms with E-state index in [2.05, 4.69) is 13.8 Å². The van der Waals surface area contributed by atoms with Gasteiger partial charge in [-0.05, 0) is 25.3 Å². The molecule has 0 aromatic heterocycles. The molecule has 0 fully saturated rings. The zero-order chi connectivity index (χ0) is 36.6. The normalized spacial score (nSPS) is 13.5. The van der Waals surface area contributed by atoms with Gasteiger partial charge in [0.05, 0.1) is 19.5 Å². The monoisotopic (exact) mass is 732 g/mol. The fourth-order valence-corrected chi connectivity index (χ4v) is 6.86. The molecule has 0 spiro atoms. The van der Waals surface area contributed by atoms with Crippen LogP contribution in [0.15, 0.2) is 12.3 Å². The summed E-state index contributed by atoms with van der Waals surface area (Å²) < 4.78 is 33.2. The summed E-state index contributed by atoms with van der Waals surface area (Å²) in [7, 11) is -4.26. The summed E-state index contributed by atoms with van der Waals surface area (Å²) in [5, 5.41) is 0. The topological polar surface area (TPSA) is 117 Å². The largest absolute Gasteiger partial charge is 0.492 e. The van der Waals surface area contributed by atoms with Crippen molar-refractivity contribution in [1.82, 2.24) is 0 Å². The van der Waals surface area contributed by atoms with E-state index in [1.807, 2.05) is 6.08 Å². The Labute approximate surface area is 309 Å². The molecule has 1 unspecified atom stereocenters. The first-order valence-electron chi connectivity index (χ1n) is 21.2. The smallest absolute Gasteiger partial charge is 0.472 e. The second kappa shape index (κ2) is 39.3. The van der Waals surface area contributed by atoms with Crippen molar-refractivity contribution in [3.8, 4) is 0 Å². The first-order valence-corrected chi connectivity index (χ1v) is 22.7. The van der Waals surface area contributed by atoms with Crippen LogP contribution < -0.4 is 5.73 Å². The number of allylic oxidation sites excluding steroid dienone is 1. The second-order valence-electron chi connectivity index (χ2n) is 14.3. The van der Waals surface area contributed by atoms with Crippen LogP contribution in [0.5, 0.6) is 0 Å². The minimum atomic E-state index is -4.26. The molecule has 0 aliphatic rings. The van der Waals surface area contributed by atoms with Crippen LogP contribution in [0.3, 0.4) is 0 Å². The number of carbonyl (C=O) groups is 1. The van der Waals surface area contributed by atoms with Gasteiger partial charge in [0, 0.05) is 13.0 Å². The summed E-state index contributed by atoms with van der Waals surface area (Å²) in [6.07, 6.45) is 41.8. The number of esters is 1. The number of rotatable bonds is 41. The van der Waals surface area contributed by atoms with Crippen LogP contribution in [-0.2, 0) is 27.9 Å². The van der Waals surface area contributed by atoms with Gasteiger partial charge in [0.2, 0.25) is 0 Å². The number of carbonyl (C=O) groups excluding carboxylic acids is 1. The molecule has 3 N–H and O–H groups in total. The summed E-state index contributed by atoms with van der Waals surface area (Å²) >= 11 is 0. The van der Waals surface area contributed by atoms with Crippen molar-refractivity contribution in [2.75, 3.05) is 26.4 Å². The number of ether oxygens (including phenoxy) is 2. The Bertz CT molecular complexity index is 782. The summed E-state index contributed by atoms with van der Waals surface area (Å²) in [5.74, 6) is -0.286. The Kier molecular flexibility index (Phi) is 38.6. The molecule has 0 heterocycles. The summed E-state index contributed by atoms with van der Waals surface area (Å²) in [5.41, 5.74) is 5.36. The van der Waals surface area contributed by atoms with Gasteiger partial charge in [-0.25, -0.2) is 4.57 Å². The van der Waals surface area contributed by atoms with E-state index >= 15 is 0 Å². The zero-order valence-corrected chi connectivity index (χ0v) is 33.8. The first kappa shape index (κ1) is 49.1. The molecule has 50 heavy (non-hydrogen) atoms. The summed E-state index contributed by atoms with van der Waals surface area (Å²) in [4.78, 5) is 22.2. The zero-order valence-electron chi connectivity index (χ0n) is 32.9.